The van der Waals surface area contributed by atoms with Crippen LogP contribution in [0.4, 0.5) is 0 Å². The molecule has 0 amide bonds. The minimum atomic E-state index is -0.248. The second kappa shape index (κ2) is 6.83. The molecule has 0 aliphatic rings. The van der Waals surface area contributed by atoms with Crippen molar-refractivity contribution >= 4 is 15.9 Å². The number of methoxy groups -OCH3 is 1. The molecular formula is C13H18BrN5O. The van der Waals surface area contributed by atoms with Gasteiger partial charge in [-0.15, -0.1) is 0 Å². The number of ether oxygens (including phenoxy) is 1. The van der Waals surface area contributed by atoms with Crippen molar-refractivity contribution < 1.29 is 4.74 Å². The summed E-state index contributed by atoms with van der Waals surface area (Å²) in [6, 6.07) is 3.55. The summed E-state index contributed by atoms with van der Waals surface area (Å²) in [5, 5.41) is 4.37. The van der Waals surface area contributed by atoms with Crippen LogP contribution in [0.5, 0.6) is 5.88 Å². The van der Waals surface area contributed by atoms with Crippen molar-refractivity contribution in [3.63, 3.8) is 0 Å². The summed E-state index contributed by atoms with van der Waals surface area (Å²) in [6.45, 7) is 2.93. The lowest BCUT2D eigenvalue weighted by atomic mass is 10.1. The number of hydrogen-bond donors (Lipinski definition) is 2. The number of pyridine rings is 1. The number of nitrogens with zero attached hydrogens (tertiary/aromatic N) is 3. The van der Waals surface area contributed by atoms with Gasteiger partial charge in [-0.1, -0.05) is 13.0 Å². The Morgan fingerprint density at radius 1 is 1.55 bits per heavy atom. The van der Waals surface area contributed by atoms with Gasteiger partial charge >= 0.3 is 0 Å². The lowest BCUT2D eigenvalue weighted by molar-refractivity contribution is 0.385. The summed E-state index contributed by atoms with van der Waals surface area (Å²) in [4.78, 5) is 4.22. The van der Waals surface area contributed by atoms with Gasteiger partial charge in [0.15, 0.2) is 0 Å². The largest absolute Gasteiger partial charge is 0.481 e. The molecule has 0 aliphatic heterocycles. The number of aromatic nitrogens is 3. The first kappa shape index (κ1) is 15.0. The Bertz CT molecular complexity index is 572. The summed E-state index contributed by atoms with van der Waals surface area (Å²) in [5.74, 6) is 6.31. The Morgan fingerprint density at radius 3 is 3.00 bits per heavy atom. The summed E-state index contributed by atoms with van der Waals surface area (Å²) >= 11 is 3.53. The van der Waals surface area contributed by atoms with Gasteiger partial charge in [-0.05, 0) is 28.4 Å². The van der Waals surface area contributed by atoms with E-state index in [2.05, 4.69) is 38.4 Å². The standard InChI is InChI=1S/C13H18BrN5O/c1-3-7-19-12(10(14)8-17-19)11(18-15)9-5-4-6-16-13(9)20-2/h4-6,8,11,18H,3,7,15H2,1-2H3. The molecule has 0 aromatic carbocycles. The molecule has 7 heteroatoms. The number of hydrogen-bond acceptors (Lipinski definition) is 5. The molecule has 0 saturated carbocycles. The van der Waals surface area contributed by atoms with Crippen LogP contribution in [0.1, 0.15) is 30.6 Å². The lowest BCUT2D eigenvalue weighted by Gasteiger charge is -2.20. The molecule has 0 fully saturated rings. The molecule has 20 heavy (non-hydrogen) atoms. The van der Waals surface area contributed by atoms with E-state index in [0.29, 0.717) is 5.88 Å². The number of nitrogens with two attached hydrogens (primary N) is 1. The molecule has 2 rings (SSSR count). The van der Waals surface area contributed by atoms with Gasteiger partial charge in [0.2, 0.25) is 5.88 Å². The Labute approximate surface area is 126 Å². The molecule has 2 heterocycles. The zero-order chi connectivity index (χ0) is 14.5. The highest BCUT2D eigenvalue weighted by Crippen LogP contribution is 2.32. The van der Waals surface area contributed by atoms with Gasteiger partial charge in [-0.25, -0.2) is 10.4 Å². The van der Waals surface area contributed by atoms with Crippen LogP contribution in [0.3, 0.4) is 0 Å². The third-order valence-electron chi connectivity index (χ3n) is 3.01. The van der Waals surface area contributed by atoms with Crippen LogP contribution in [0.25, 0.3) is 0 Å². The number of nitrogens with one attached hydrogen (secondary N) is 1. The number of rotatable bonds is 6. The highest BCUT2D eigenvalue weighted by molar-refractivity contribution is 9.10. The predicted octanol–water partition coefficient (Wildman–Crippen LogP) is 2.01. The molecule has 2 aromatic rings. The van der Waals surface area contributed by atoms with Crippen LogP contribution in [-0.4, -0.2) is 21.9 Å². The number of hydrazine groups is 1. The van der Waals surface area contributed by atoms with Crippen molar-refractivity contribution in [1.29, 1.82) is 0 Å². The maximum absolute atomic E-state index is 5.76. The Balaban J connectivity index is 2.49. The fourth-order valence-electron chi connectivity index (χ4n) is 2.16. The van der Waals surface area contributed by atoms with E-state index < -0.39 is 0 Å². The van der Waals surface area contributed by atoms with Crippen molar-refractivity contribution in [2.75, 3.05) is 7.11 Å². The average Bonchev–Trinajstić information content (AvgIpc) is 2.83. The van der Waals surface area contributed by atoms with Gasteiger partial charge in [0.05, 0.1) is 29.5 Å². The molecule has 0 bridgehead atoms. The SMILES string of the molecule is CCCn1ncc(Br)c1C(NN)c1cccnc1OC. The Hall–Kier alpha value is -1.44. The predicted molar refractivity (Wildman–Crippen MR) is 80.2 cm³/mol. The van der Waals surface area contributed by atoms with Crippen LogP contribution < -0.4 is 16.0 Å². The first-order valence-corrected chi connectivity index (χ1v) is 7.18. The molecule has 2 aromatic heterocycles. The lowest BCUT2D eigenvalue weighted by Crippen LogP contribution is -2.31. The van der Waals surface area contributed by atoms with E-state index in [1.807, 2.05) is 16.8 Å². The second-order valence-electron chi connectivity index (χ2n) is 4.30. The van der Waals surface area contributed by atoms with Gasteiger partial charge in [0, 0.05) is 18.3 Å². The maximum atomic E-state index is 5.76. The van der Waals surface area contributed by atoms with E-state index in [-0.39, 0.29) is 6.04 Å². The van der Waals surface area contributed by atoms with Crippen molar-refractivity contribution in [3.8, 4) is 5.88 Å². The Morgan fingerprint density at radius 2 is 2.35 bits per heavy atom. The number of halogens is 1. The van der Waals surface area contributed by atoms with Crippen molar-refractivity contribution in [2.24, 2.45) is 5.84 Å². The average molecular weight is 340 g/mol. The first-order chi connectivity index (χ1) is 9.72. The quantitative estimate of drug-likeness (QED) is 0.621. The van der Waals surface area contributed by atoms with Crippen LogP contribution in [0, 0.1) is 0 Å². The second-order valence-corrected chi connectivity index (χ2v) is 5.16. The number of aryl methyl sites for hydroxylation is 1. The zero-order valence-electron chi connectivity index (χ0n) is 11.5. The summed E-state index contributed by atoms with van der Waals surface area (Å²) in [5.41, 5.74) is 4.65. The van der Waals surface area contributed by atoms with E-state index in [9.17, 15) is 0 Å². The van der Waals surface area contributed by atoms with E-state index in [0.717, 1.165) is 28.7 Å². The molecule has 0 aliphatic carbocycles. The van der Waals surface area contributed by atoms with Crippen LogP contribution in [0.15, 0.2) is 29.0 Å². The van der Waals surface area contributed by atoms with E-state index in [1.54, 1.807) is 19.5 Å². The van der Waals surface area contributed by atoms with Crippen molar-refractivity contribution in [2.45, 2.75) is 25.9 Å². The summed E-state index contributed by atoms with van der Waals surface area (Å²) < 4.78 is 8.15. The highest BCUT2D eigenvalue weighted by atomic mass is 79.9. The molecular weight excluding hydrogens is 322 g/mol. The van der Waals surface area contributed by atoms with E-state index in [1.165, 1.54) is 0 Å². The zero-order valence-corrected chi connectivity index (χ0v) is 13.1. The first-order valence-electron chi connectivity index (χ1n) is 6.39. The molecule has 6 nitrogen and oxygen atoms in total. The van der Waals surface area contributed by atoms with E-state index >= 15 is 0 Å². The molecule has 0 radical (unpaired) electrons. The monoisotopic (exact) mass is 339 g/mol. The van der Waals surface area contributed by atoms with Crippen LogP contribution >= 0.6 is 15.9 Å². The molecule has 108 valence electrons. The van der Waals surface area contributed by atoms with Crippen LogP contribution in [-0.2, 0) is 6.54 Å². The molecule has 3 N–H and O–H groups in total. The van der Waals surface area contributed by atoms with Gasteiger partial charge in [-0.2, -0.15) is 5.10 Å². The topological polar surface area (TPSA) is 78.0 Å². The fourth-order valence-corrected chi connectivity index (χ4v) is 2.68. The van der Waals surface area contributed by atoms with Gasteiger partial charge in [0.25, 0.3) is 0 Å². The van der Waals surface area contributed by atoms with Crippen molar-refractivity contribution in [3.05, 3.63) is 40.3 Å². The minimum Gasteiger partial charge on any atom is -0.481 e. The smallest absolute Gasteiger partial charge is 0.218 e. The van der Waals surface area contributed by atoms with Gasteiger partial charge < -0.3 is 4.74 Å². The molecule has 0 spiro atoms. The van der Waals surface area contributed by atoms with Crippen LogP contribution in [0.2, 0.25) is 0 Å². The maximum Gasteiger partial charge on any atom is 0.218 e. The molecule has 1 atom stereocenters. The normalized spacial score (nSPS) is 12.4. The third kappa shape index (κ3) is 2.84. The third-order valence-corrected chi connectivity index (χ3v) is 3.62. The van der Waals surface area contributed by atoms with Gasteiger partial charge in [0.1, 0.15) is 0 Å². The summed E-state index contributed by atoms with van der Waals surface area (Å²) in [6.07, 6.45) is 4.45. The minimum absolute atomic E-state index is 0.248. The van der Waals surface area contributed by atoms with Crippen molar-refractivity contribution in [1.82, 2.24) is 20.2 Å². The summed E-state index contributed by atoms with van der Waals surface area (Å²) in [7, 11) is 1.60. The molecule has 0 saturated heterocycles. The fraction of sp³-hybridized carbons (Fsp3) is 0.385. The van der Waals surface area contributed by atoms with Gasteiger partial charge in [-0.3, -0.25) is 10.5 Å². The van der Waals surface area contributed by atoms with E-state index in [4.69, 9.17) is 10.6 Å². The highest BCUT2D eigenvalue weighted by Gasteiger charge is 2.24. The molecule has 1 unspecified atom stereocenters. The Kier molecular flexibility index (Phi) is 5.11.